The minimum absolute atomic E-state index is 0.0781. The Morgan fingerprint density at radius 3 is 2.52 bits per heavy atom. The summed E-state index contributed by atoms with van der Waals surface area (Å²) in [5, 5.41) is 2.60. The van der Waals surface area contributed by atoms with Crippen molar-refractivity contribution in [2.75, 3.05) is 6.54 Å². The molecule has 0 bridgehead atoms. The molecule has 0 aromatic heterocycles. The number of nitrogens with one attached hydrogen (secondary N) is 1. The zero-order valence-corrected chi connectivity index (χ0v) is 14.5. The molecule has 0 fully saturated rings. The maximum atomic E-state index is 13.9. The van der Waals surface area contributed by atoms with Gasteiger partial charge < -0.3 is 5.32 Å². The summed E-state index contributed by atoms with van der Waals surface area (Å²) in [7, 11) is 0. The van der Waals surface area contributed by atoms with Crippen LogP contribution >= 0.6 is 0 Å². The number of amides is 3. The topological polar surface area (TPSA) is 66.5 Å². The second kappa shape index (κ2) is 7.11. The first-order valence-electron chi connectivity index (χ1n) is 8.20. The number of carbonyl (C=O) groups excluding carboxylic acids is 3. The van der Waals surface area contributed by atoms with Crippen LogP contribution in [0.5, 0.6) is 0 Å². The van der Waals surface area contributed by atoms with E-state index in [1.807, 2.05) is 0 Å². The van der Waals surface area contributed by atoms with Gasteiger partial charge in [-0.3, -0.25) is 19.3 Å². The molecule has 0 unspecified atom stereocenters. The van der Waals surface area contributed by atoms with Gasteiger partial charge in [0.1, 0.15) is 11.6 Å². The summed E-state index contributed by atoms with van der Waals surface area (Å²) in [4.78, 5) is 38.0. The molecule has 7 heteroatoms. The summed E-state index contributed by atoms with van der Waals surface area (Å²) < 4.78 is 26.9. The first-order valence-corrected chi connectivity index (χ1v) is 8.20. The summed E-state index contributed by atoms with van der Waals surface area (Å²) in [5.41, 5.74) is 0.644. The van der Waals surface area contributed by atoms with Crippen LogP contribution in [0.15, 0.2) is 49.1 Å². The Hall–Kier alpha value is -3.35. The lowest BCUT2D eigenvalue weighted by atomic mass is 10.0. The molecule has 5 nitrogen and oxygen atoms in total. The monoisotopic (exact) mass is 370 g/mol. The Morgan fingerprint density at radius 2 is 1.85 bits per heavy atom. The van der Waals surface area contributed by atoms with Crippen molar-refractivity contribution in [1.29, 1.82) is 0 Å². The van der Waals surface area contributed by atoms with Gasteiger partial charge in [-0.05, 0) is 31.2 Å². The third-order valence-electron chi connectivity index (χ3n) is 4.32. The zero-order chi connectivity index (χ0) is 19.7. The second-order valence-electron chi connectivity index (χ2n) is 6.13. The van der Waals surface area contributed by atoms with E-state index < -0.39 is 35.4 Å². The molecule has 0 aliphatic carbocycles. The smallest absolute Gasteiger partial charge is 0.261 e. The molecule has 1 heterocycles. The second-order valence-corrected chi connectivity index (χ2v) is 6.13. The van der Waals surface area contributed by atoms with Gasteiger partial charge in [-0.2, -0.15) is 0 Å². The lowest BCUT2D eigenvalue weighted by Gasteiger charge is -2.15. The molecule has 3 amide bonds. The first-order chi connectivity index (χ1) is 12.8. The van der Waals surface area contributed by atoms with E-state index in [9.17, 15) is 23.2 Å². The number of carbonyl (C=O) groups is 3. The van der Waals surface area contributed by atoms with Crippen molar-refractivity contribution < 1.29 is 23.2 Å². The summed E-state index contributed by atoms with van der Waals surface area (Å²) in [5.74, 6) is -2.96. The van der Waals surface area contributed by atoms with Crippen molar-refractivity contribution in [3.05, 3.63) is 82.9 Å². The van der Waals surface area contributed by atoms with Crippen LogP contribution < -0.4 is 5.32 Å². The Labute approximate surface area is 154 Å². The highest BCUT2D eigenvalue weighted by molar-refractivity contribution is 6.22. The van der Waals surface area contributed by atoms with Crippen LogP contribution in [0.1, 0.15) is 49.6 Å². The van der Waals surface area contributed by atoms with Crippen molar-refractivity contribution in [1.82, 2.24) is 10.2 Å². The lowest BCUT2D eigenvalue weighted by Crippen LogP contribution is -2.29. The van der Waals surface area contributed by atoms with Gasteiger partial charge in [-0.15, -0.1) is 6.58 Å². The molecular formula is C20H16F2N2O3. The third-order valence-corrected chi connectivity index (χ3v) is 4.32. The molecule has 0 radical (unpaired) electrons. The minimum Gasteiger partial charge on any atom is -0.345 e. The van der Waals surface area contributed by atoms with E-state index in [2.05, 4.69) is 11.9 Å². The molecule has 0 spiro atoms. The summed E-state index contributed by atoms with van der Waals surface area (Å²) in [6.45, 7) is 5.15. The molecule has 0 saturated carbocycles. The number of hydrogen-bond acceptors (Lipinski definition) is 3. The predicted octanol–water partition coefficient (Wildman–Crippen LogP) is 3.24. The highest BCUT2D eigenvalue weighted by Crippen LogP contribution is 2.24. The molecule has 27 heavy (non-hydrogen) atoms. The largest absolute Gasteiger partial charge is 0.345 e. The Bertz CT molecular complexity index is 972. The molecule has 1 N–H and O–H groups in total. The van der Waals surface area contributed by atoms with E-state index in [1.54, 1.807) is 6.92 Å². The van der Waals surface area contributed by atoms with Crippen molar-refractivity contribution in [2.24, 2.45) is 0 Å². The van der Waals surface area contributed by atoms with Gasteiger partial charge in [0.25, 0.3) is 17.7 Å². The normalized spacial score (nSPS) is 14.1. The van der Waals surface area contributed by atoms with E-state index in [0.717, 1.165) is 17.0 Å². The maximum Gasteiger partial charge on any atom is 0.261 e. The van der Waals surface area contributed by atoms with Crippen LogP contribution in [0, 0.1) is 11.6 Å². The summed E-state index contributed by atoms with van der Waals surface area (Å²) >= 11 is 0. The number of halogens is 2. The standard InChI is InChI=1S/C20H16F2N2O3/c1-3-8-24-19(26)15-6-4-12(9-16(15)20(24)27)18(25)23-11(2)14-7-5-13(21)10-17(14)22/h3-7,9-11H,1,8H2,2H3,(H,23,25)/t11-/m1/s1. The van der Waals surface area contributed by atoms with Gasteiger partial charge in [-0.1, -0.05) is 12.1 Å². The quantitative estimate of drug-likeness (QED) is 0.649. The fourth-order valence-corrected chi connectivity index (χ4v) is 2.94. The van der Waals surface area contributed by atoms with Crippen molar-refractivity contribution in [3.63, 3.8) is 0 Å². The van der Waals surface area contributed by atoms with Gasteiger partial charge in [0, 0.05) is 23.7 Å². The average molecular weight is 370 g/mol. The fourth-order valence-electron chi connectivity index (χ4n) is 2.94. The number of benzene rings is 2. The number of fused-ring (bicyclic) bond motifs is 1. The predicted molar refractivity (Wildman–Crippen MR) is 94.2 cm³/mol. The number of imide groups is 1. The van der Waals surface area contributed by atoms with Crippen molar-refractivity contribution in [2.45, 2.75) is 13.0 Å². The van der Waals surface area contributed by atoms with Crippen molar-refractivity contribution >= 4 is 17.7 Å². The van der Waals surface area contributed by atoms with Crippen LogP contribution in [-0.2, 0) is 0 Å². The van der Waals surface area contributed by atoms with E-state index in [-0.39, 0.29) is 28.8 Å². The molecular weight excluding hydrogens is 354 g/mol. The van der Waals surface area contributed by atoms with Gasteiger partial charge in [0.05, 0.1) is 17.2 Å². The number of nitrogens with zero attached hydrogens (tertiary/aromatic N) is 1. The highest BCUT2D eigenvalue weighted by atomic mass is 19.1. The van der Waals surface area contributed by atoms with Crippen LogP contribution in [0.3, 0.4) is 0 Å². The van der Waals surface area contributed by atoms with Crippen LogP contribution in [-0.4, -0.2) is 29.2 Å². The van der Waals surface area contributed by atoms with Crippen LogP contribution in [0.4, 0.5) is 8.78 Å². The fraction of sp³-hybridized carbons (Fsp3) is 0.150. The summed E-state index contributed by atoms with van der Waals surface area (Å²) in [6.07, 6.45) is 1.44. The van der Waals surface area contributed by atoms with Crippen LogP contribution in [0.2, 0.25) is 0 Å². The Morgan fingerprint density at radius 1 is 1.15 bits per heavy atom. The number of hydrogen-bond donors (Lipinski definition) is 1. The van der Waals surface area contributed by atoms with Crippen LogP contribution in [0.25, 0.3) is 0 Å². The SMILES string of the molecule is C=CCN1C(=O)c2ccc(C(=O)N[C@H](C)c3ccc(F)cc3F)cc2C1=O. The number of rotatable bonds is 5. The van der Waals surface area contributed by atoms with E-state index in [1.165, 1.54) is 30.3 Å². The highest BCUT2D eigenvalue weighted by Gasteiger charge is 2.35. The van der Waals surface area contributed by atoms with E-state index in [4.69, 9.17) is 0 Å². The molecule has 2 aromatic rings. The third kappa shape index (κ3) is 3.36. The summed E-state index contributed by atoms with van der Waals surface area (Å²) in [6, 6.07) is 6.55. The molecule has 1 aliphatic rings. The lowest BCUT2D eigenvalue weighted by molar-refractivity contribution is 0.0672. The molecule has 138 valence electrons. The average Bonchev–Trinajstić information content (AvgIpc) is 2.86. The first kappa shape index (κ1) is 18.4. The minimum atomic E-state index is -0.766. The van der Waals surface area contributed by atoms with Gasteiger partial charge in [0.15, 0.2) is 0 Å². The van der Waals surface area contributed by atoms with Gasteiger partial charge in [0.2, 0.25) is 0 Å². The molecule has 1 atom stereocenters. The van der Waals surface area contributed by atoms with Gasteiger partial charge >= 0.3 is 0 Å². The molecule has 0 saturated heterocycles. The molecule has 3 rings (SSSR count). The van der Waals surface area contributed by atoms with E-state index in [0.29, 0.717) is 0 Å². The molecule has 2 aromatic carbocycles. The molecule has 1 aliphatic heterocycles. The van der Waals surface area contributed by atoms with Gasteiger partial charge in [-0.25, -0.2) is 8.78 Å². The van der Waals surface area contributed by atoms with E-state index >= 15 is 0 Å². The zero-order valence-electron chi connectivity index (χ0n) is 14.5. The maximum absolute atomic E-state index is 13.9. The van der Waals surface area contributed by atoms with Crippen molar-refractivity contribution in [3.8, 4) is 0 Å². The Kier molecular flexibility index (Phi) is 4.85. The Balaban J connectivity index is 1.82.